The number of esters is 1. The van der Waals surface area contributed by atoms with Gasteiger partial charge in [0.15, 0.2) is 5.84 Å². The number of anilines is 1. The smallest absolute Gasteiger partial charge is 0.414 e. The van der Waals surface area contributed by atoms with Crippen LogP contribution in [-0.4, -0.2) is 96.8 Å². The molecule has 3 unspecified atom stereocenters. The van der Waals surface area contributed by atoms with Gasteiger partial charge in [-0.2, -0.15) is 0 Å². The molecule has 0 aromatic heterocycles. The number of rotatable bonds is 10. The Hall–Kier alpha value is -4.00. The van der Waals surface area contributed by atoms with Crippen LogP contribution in [0.5, 0.6) is 0 Å². The second kappa shape index (κ2) is 12.5. The number of carboxylic acid groups (broad SMARTS) is 1. The predicted octanol–water partition coefficient (Wildman–Crippen LogP) is 2.02. The number of nitrogens with one attached hydrogen (secondary N) is 1. The van der Waals surface area contributed by atoms with E-state index in [1.54, 1.807) is 16.7 Å². The van der Waals surface area contributed by atoms with Gasteiger partial charge in [-0.1, -0.05) is 30.3 Å². The number of carbonyl (C=O) groups is 3. The molecule has 2 aromatic carbocycles. The molecule has 0 bridgehead atoms. The van der Waals surface area contributed by atoms with Crippen LogP contribution in [0.15, 0.2) is 59.6 Å². The highest BCUT2D eigenvalue weighted by atomic mass is 16.7. The van der Waals surface area contributed by atoms with E-state index in [9.17, 15) is 19.5 Å². The van der Waals surface area contributed by atoms with E-state index in [0.717, 1.165) is 16.8 Å². The molecule has 5 rings (SSSR count). The molecule has 0 spiro atoms. The molecule has 3 heterocycles. The van der Waals surface area contributed by atoms with Gasteiger partial charge in [-0.3, -0.25) is 24.3 Å². The number of hydroxylamine groups is 1. The standard InChI is InChI=1S/C28H33N5O7/c1-2-38-24(34)16-23(27(35)36)32-14-12-31(13-15-32)17-22-18-33(28(37)39-22)21-10-8-19(9-11-21)25-29-26(40-30-25)20-6-4-3-5-7-20/h3-11,22-23,26H,2,12-18H2,1H3,(H,29,30)(H,35,36). The van der Waals surface area contributed by atoms with Gasteiger partial charge in [0.25, 0.3) is 0 Å². The van der Waals surface area contributed by atoms with Crippen LogP contribution in [0.4, 0.5) is 10.5 Å². The minimum absolute atomic E-state index is 0.179. The van der Waals surface area contributed by atoms with Gasteiger partial charge < -0.3 is 14.6 Å². The summed E-state index contributed by atoms with van der Waals surface area (Å²) in [7, 11) is 0. The molecule has 1 amide bonds. The Morgan fingerprint density at radius 3 is 2.50 bits per heavy atom. The predicted molar refractivity (Wildman–Crippen MR) is 145 cm³/mol. The summed E-state index contributed by atoms with van der Waals surface area (Å²) >= 11 is 0. The van der Waals surface area contributed by atoms with Crippen molar-refractivity contribution in [3.63, 3.8) is 0 Å². The summed E-state index contributed by atoms with van der Waals surface area (Å²) in [6.45, 7) is 5.08. The number of carbonyl (C=O) groups excluding carboxylic acids is 2. The van der Waals surface area contributed by atoms with E-state index >= 15 is 0 Å². The molecule has 2 saturated heterocycles. The second-order valence-corrected chi connectivity index (χ2v) is 9.82. The quantitative estimate of drug-likeness (QED) is 0.423. The number of amidine groups is 1. The Balaban J connectivity index is 1.12. The number of hydrogen-bond donors (Lipinski definition) is 2. The van der Waals surface area contributed by atoms with Crippen molar-refractivity contribution in [2.75, 3.05) is 50.8 Å². The van der Waals surface area contributed by atoms with Crippen molar-refractivity contribution < 1.29 is 33.8 Å². The Morgan fingerprint density at radius 2 is 1.82 bits per heavy atom. The van der Waals surface area contributed by atoms with Gasteiger partial charge >= 0.3 is 18.0 Å². The molecule has 212 valence electrons. The van der Waals surface area contributed by atoms with Crippen molar-refractivity contribution >= 4 is 29.6 Å². The van der Waals surface area contributed by atoms with Crippen LogP contribution in [0.1, 0.15) is 30.7 Å². The third-order valence-electron chi connectivity index (χ3n) is 7.18. The van der Waals surface area contributed by atoms with Crippen LogP contribution < -0.4 is 10.4 Å². The monoisotopic (exact) mass is 551 g/mol. The fraction of sp³-hybridized carbons (Fsp3) is 0.429. The fourth-order valence-electron chi connectivity index (χ4n) is 5.10. The molecule has 3 aliphatic rings. The molecule has 12 heteroatoms. The molecule has 3 aliphatic heterocycles. The number of cyclic esters (lactones) is 1. The third kappa shape index (κ3) is 6.41. The van der Waals surface area contributed by atoms with E-state index in [0.29, 0.717) is 45.1 Å². The van der Waals surface area contributed by atoms with Crippen LogP contribution in [0.3, 0.4) is 0 Å². The zero-order valence-corrected chi connectivity index (χ0v) is 22.3. The second-order valence-electron chi connectivity index (χ2n) is 9.82. The zero-order valence-electron chi connectivity index (χ0n) is 22.3. The fourth-order valence-corrected chi connectivity index (χ4v) is 5.10. The molecular formula is C28H33N5O7. The maximum atomic E-state index is 12.7. The van der Waals surface area contributed by atoms with Gasteiger partial charge in [-0.15, -0.1) is 0 Å². The van der Waals surface area contributed by atoms with Gasteiger partial charge in [-0.05, 0) is 31.2 Å². The Morgan fingerprint density at radius 1 is 1.10 bits per heavy atom. The minimum Gasteiger partial charge on any atom is -0.480 e. The van der Waals surface area contributed by atoms with Gasteiger partial charge in [0, 0.05) is 49.5 Å². The Bertz CT molecular complexity index is 1230. The van der Waals surface area contributed by atoms with Crippen molar-refractivity contribution in [2.45, 2.75) is 31.7 Å². The number of aliphatic imine (C=N–C) groups is 1. The summed E-state index contributed by atoms with van der Waals surface area (Å²) in [6, 6.07) is 16.3. The lowest BCUT2D eigenvalue weighted by Crippen LogP contribution is -2.54. The topological polar surface area (TPSA) is 133 Å². The van der Waals surface area contributed by atoms with E-state index in [1.807, 2.05) is 54.6 Å². The lowest BCUT2D eigenvalue weighted by molar-refractivity contribution is -0.153. The Labute approximate surface area is 232 Å². The van der Waals surface area contributed by atoms with Crippen molar-refractivity contribution in [3.05, 3.63) is 65.7 Å². The van der Waals surface area contributed by atoms with Crippen LogP contribution in [-0.2, 0) is 23.9 Å². The molecular weight excluding hydrogens is 518 g/mol. The van der Waals surface area contributed by atoms with Crippen molar-refractivity contribution in [2.24, 2.45) is 4.99 Å². The first-order valence-electron chi connectivity index (χ1n) is 13.4. The lowest BCUT2D eigenvalue weighted by Gasteiger charge is -2.37. The number of hydrogen-bond acceptors (Lipinski definition) is 10. The highest BCUT2D eigenvalue weighted by Gasteiger charge is 2.36. The molecule has 0 radical (unpaired) electrons. The zero-order chi connectivity index (χ0) is 28.1. The summed E-state index contributed by atoms with van der Waals surface area (Å²) in [5.74, 6) is -0.929. The van der Waals surface area contributed by atoms with Crippen molar-refractivity contribution in [1.29, 1.82) is 0 Å². The number of aliphatic carboxylic acids is 1. The highest BCUT2D eigenvalue weighted by Crippen LogP contribution is 2.26. The van der Waals surface area contributed by atoms with E-state index in [1.165, 1.54) is 0 Å². The molecule has 3 atom stereocenters. The summed E-state index contributed by atoms with van der Waals surface area (Å²) in [5, 5.41) is 9.60. The summed E-state index contributed by atoms with van der Waals surface area (Å²) in [6.07, 6.45) is -1.31. The molecule has 2 aromatic rings. The molecule has 12 nitrogen and oxygen atoms in total. The first-order valence-corrected chi connectivity index (χ1v) is 13.4. The highest BCUT2D eigenvalue weighted by molar-refractivity contribution is 5.99. The van der Waals surface area contributed by atoms with E-state index in [2.05, 4.69) is 15.4 Å². The summed E-state index contributed by atoms with van der Waals surface area (Å²) in [5.41, 5.74) is 5.40. The number of piperazine rings is 1. The third-order valence-corrected chi connectivity index (χ3v) is 7.18. The minimum atomic E-state index is -1.03. The van der Waals surface area contributed by atoms with Gasteiger partial charge in [0.05, 0.1) is 19.6 Å². The van der Waals surface area contributed by atoms with E-state index in [4.69, 9.17) is 14.3 Å². The largest absolute Gasteiger partial charge is 0.480 e. The molecule has 0 aliphatic carbocycles. The first kappa shape index (κ1) is 27.6. The molecule has 40 heavy (non-hydrogen) atoms. The van der Waals surface area contributed by atoms with Crippen LogP contribution in [0, 0.1) is 0 Å². The lowest BCUT2D eigenvalue weighted by atomic mass is 10.1. The van der Waals surface area contributed by atoms with Gasteiger partial charge in [0.1, 0.15) is 12.1 Å². The van der Waals surface area contributed by atoms with Crippen molar-refractivity contribution in [3.8, 4) is 0 Å². The molecule has 0 saturated carbocycles. The van der Waals surface area contributed by atoms with Crippen LogP contribution in [0.25, 0.3) is 0 Å². The number of benzene rings is 2. The summed E-state index contributed by atoms with van der Waals surface area (Å²) < 4.78 is 10.6. The average molecular weight is 552 g/mol. The maximum absolute atomic E-state index is 12.7. The number of carboxylic acids is 1. The van der Waals surface area contributed by atoms with E-state index in [-0.39, 0.29) is 19.1 Å². The van der Waals surface area contributed by atoms with Gasteiger partial charge in [-0.25, -0.2) is 20.1 Å². The maximum Gasteiger partial charge on any atom is 0.414 e. The average Bonchev–Trinajstić information content (AvgIpc) is 3.60. The van der Waals surface area contributed by atoms with Crippen molar-refractivity contribution in [1.82, 2.24) is 15.3 Å². The number of ether oxygens (including phenoxy) is 2. The normalized spacial score (nSPS) is 22.4. The number of nitrogens with zero attached hydrogens (tertiary/aromatic N) is 4. The number of amides is 1. The van der Waals surface area contributed by atoms with Crippen LogP contribution in [0.2, 0.25) is 0 Å². The van der Waals surface area contributed by atoms with Crippen LogP contribution >= 0.6 is 0 Å². The molecule has 2 N–H and O–H groups in total. The van der Waals surface area contributed by atoms with E-state index < -0.39 is 30.3 Å². The van der Waals surface area contributed by atoms with Gasteiger partial charge in [0.2, 0.25) is 6.23 Å². The molecule has 2 fully saturated rings. The Kier molecular flexibility index (Phi) is 8.58. The first-order chi connectivity index (χ1) is 19.4. The summed E-state index contributed by atoms with van der Waals surface area (Å²) in [4.78, 5) is 52.0. The SMILES string of the molecule is CCOC(=O)CC(C(=O)O)N1CCN(CC2CN(c3ccc(C4=NC(c5ccccc5)ON4)cc3)C(=O)O2)CC1.